The molecule has 2 aromatic carbocycles. The number of hydrogen-bond acceptors (Lipinski definition) is 6. The van der Waals surface area contributed by atoms with Crippen molar-refractivity contribution in [1.29, 1.82) is 0 Å². The molecule has 4 aromatic rings. The molecule has 1 N–H and O–H groups in total. The second-order valence-electron chi connectivity index (χ2n) is 7.14. The lowest BCUT2D eigenvalue weighted by atomic mass is 10.1. The van der Waals surface area contributed by atoms with Crippen molar-refractivity contribution in [3.05, 3.63) is 88.4 Å². The van der Waals surface area contributed by atoms with Gasteiger partial charge in [0.25, 0.3) is 5.91 Å². The summed E-state index contributed by atoms with van der Waals surface area (Å²) in [6, 6.07) is 19.6. The largest absolute Gasteiger partial charge is 0.482 e. The molecule has 1 aliphatic rings. The van der Waals surface area contributed by atoms with Crippen LogP contribution in [0.5, 0.6) is 5.75 Å². The van der Waals surface area contributed by atoms with Crippen molar-refractivity contribution in [2.75, 3.05) is 18.5 Å². The van der Waals surface area contributed by atoms with Crippen LogP contribution >= 0.6 is 11.3 Å². The van der Waals surface area contributed by atoms with Gasteiger partial charge in [-0.15, -0.1) is 11.3 Å². The van der Waals surface area contributed by atoms with Crippen molar-refractivity contribution in [3.63, 3.8) is 0 Å². The van der Waals surface area contributed by atoms with Crippen molar-refractivity contribution in [2.45, 2.75) is 6.42 Å². The highest BCUT2D eigenvalue weighted by Crippen LogP contribution is 2.32. The van der Waals surface area contributed by atoms with Gasteiger partial charge < -0.3 is 14.5 Å². The number of nitrogens with one attached hydrogen (secondary N) is 1. The summed E-state index contributed by atoms with van der Waals surface area (Å²) in [5, 5.41) is 9.50. The average molecular weight is 445 g/mol. The molecule has 32 heavy (non-hydrogen) atoms. The van der Waals surface area contributed by atoms with Gasteiger partial charge in [0.1, 0.15) is 11.5 Å². The molecular weight excluding hydrogens is 424 g/mol. The lowest BCUT2D eigenvalue weighted by molar-refractivity contribution is -0.118. The number of thiazole rings is 1. The average Bonchev–Trinajstić information content (AvgIpc) is 3.48. The number of carbonyl (C=O) groups excluding carboxylic acids is 1. The van der Waals surface area contributed by atoms with Gasteiger partial charge in [-0.3, -0.25) is 9.79 Å². The predicted molar refractivity (Wildman–Crippen MR) is 124 cm³/mol. The third kappa shape index (κ3) is 4.40. The van der Waals surface area contributed by atoms with Crippen molar-refractivity contribution in [3.8, 4) is 17.0 Å². The zero-order valence-corrected chi connectivity index (χ0v) is 17.9. The smallest absolute Gasteiger partial charge is 0.262 e. The molecule has 0 fully saturated rings. The van der Waals surface area contributed by atoms with E-state index in [-0.39, 0.29) is 12.5 Å². The van der Waals surface area contributed by atoms with E-state index in [1.165, 1.54) is 16.9 Å². The monoisotopic (exact) mass is 444 g/mol. The Balaban J connectivity index is 1.50. The van der Waals surface area contributed by atoms with Crippen molar-refractivity contribution >= 4 is 29.1 Å². The van der Waals surface area contributed by atoms with E-state index < -0.39 is 0 Å². The first-order valence-electron chi connectivity index (χ1n) is 10.2. The summed E-state index contributed by atoms with van der Waals surface area (Å²) in [4.78, 5) is 17.3. The first-order chi connectivity index (χ1) is 15.8. The molecular formula is C24H20N4O3S. The molecule has 0 unspecified atom stereocenters. The van der Waals surface area contributed by atoms with Crippen LogP contribution < -0.4 is 14.9 Å². The standard InChI is InChI=1S/C24H20N4O3S/c29-23-15-31-22-9-8-18(13-20(22)27-23)21-16-32-24(25-11-10-17-5-2-1-3-6-17)28(21)26-14-19-7-4-12-30-19/h1-9,12-14,16H,10-11,15H2,(H,27,29). The molecule has 0 atom stereocenters. The zero-order valence-electron chi connectivity index (χ0n) is 17.1. The van der Waals surface area contributed by atoms with Crippen LogP contribution in [0.2, 0.25) is 0 Å². The van der Waals surface area contributed by atoms with Gasteiger partial charge in [-0.05, 0) is 42.3 Å². The Morgan fingerprint density at radius 1 is 1.12 bits per heavy atom. The number of anilines is 1. The van der Waals surface area contributed by atoms with E-state index >= 15 is 0 Å². The van der Waals surface area contributed by atoms with E-state index in [2.05, 4.69) is 22.6 Å². The number of nitrogens with zero attached hydrogens (tertiary/aromatic N) is 3. The van der Waals surface area contributed by atoms with E-state index in [1.807, 2.05) is 53.9 Å². The Morgan fingerprint density at radius 3 is 2.88 bits per heavy atom. The maximum atomic E-state index is 11.7. The van der Waals surface area contributed by atoms with Crippen LogP contribution in [0, 0.1) is 0 Å². The van der Waals surface area contributed by atoms with Crippen LogP contribution in [0.4, 0.5) is 5.69 Å². The number of carbonyl (C=O) groups is 1. The van der Waals surface area contributed by atoms with Crippen LogP contribution in [-0.2, 0) is 11.2 Å². The third-order valence-electron chi connectivity index (χ3n) is 4.93. The molecule has 160 valence electrons. The third-order valence-corrected chi connectivity index (χ3v) is 5.78. The first kappa shape index (κ1) is 20.0. The predicted octanol–water partition coefficient (Wildman–Crippen LogP) is 4.17. The molecule has 0 saturated heterocycles. The molecule has 8 heteroatoms. The molecule has 0 radical (unpaired) electrons. The Bertz CT molecular complexity index is 1320. The number of fused-ring (bicyclic) bond motifs is 1. The van der Waals surface area contributed by atoms with Gasteiger partial charge in [0.05, 0.1) is 23.9 Å². The normalized spacial score (nSPS) is 13.8. The molecule has 0 spiro atoms. The summed E-state index contributed by atoms with van der Waals surface area (Å²) in [7, 11) is 0. The van der Waals surface area contributed by atoms with Crippen molar-refractivity contribution in [1.82, 2.24) is 4.68 Å². The van der Waals surface area contributed by atoms with Crippen molar-refractivity contribution in [2.24, 2.45) is 10.1 Å². The lowest BCUT2D eigenvalue weighted by Crippen LogP contribution is -2.25. The molecule has 0 saturated carbocycles. The van der Waals surface area contributed by atoms with E-state index in [1.54, 1.807) is 17.2 Å². The number of benzene rings is 2. The highest BCUT2D eigenvalue weighted by Gasteiger charge is 2.17. The van der Waals surface area contributed by atoms with Gasteiger partial charge in [0.2, 0.25) is 4.80 Å². The number of furan rings is 1. The fourth-order valence-corrected chi connectivity index (χ4v) is 4.23. The summed E-state index contributed by atoms with van der Waals surface area (Å²) in [6.45, 7) is 0.678. The minimum atomic E-state index is -0.166. The minimum Gasteiger partial charge on any atom is -0.482 e. The summed E-state index contributed by atoms with van der Waals surface area (Å²) in [6.07, 6.45) is 4.12. The van der Waals surface area contributed by atoms with Crippen LogP contribution in [-0.4, -0.2) is 29.9 Å². The first-order valence-corrected chi connectivity index (χ1v) is 11.0. The molecule has 1 amide bonds. The summed E-state index contributed by atoms with van der Waals surface area (Å²) in [5.74, 6) is 1.14. The van der Waals surface area contributed by atoms with Gasteiger partial charge in [-0.1, -0.05) is 30.3 Å². The maximum absolute atomic E-state index is 11.7. The highest BCUT2D eigenvalue weighted by atomic mass is 32.1. The summed E-state index contributed by atoms with van der Waals surface area (Å²) >= 11 is 1.51. The van der Waals surface area contributed by atoms with Gasteiger partial charge in [-0.25, -0.2) is 4.68 Å². The maximum Gasteiger partial charge on any atom is 0.262 e. The van der Waals surface area contributed by atoms with Gasteiger partial charge >= 0.3 is 0 Å². The van der Waals surface area contributed by atoms with Crippen molar-refractivity contribution < 1.29 is 13.9 Å². The number of hydrogen-bond donors (Lipinski definition) is 1. The number of amides is 1. The molecule has 7 nitrogen and oxygen atoms in total. The summed E-state index contributed by atoms with van der Waals surface area (Å²) in [5.41, 5.74) is 3.64. The second kappa shape index (κ2) is 9.07. The van der Waals surface area contributed by atoms with Crippen LogP contribution in [0.25, 0.3) is 11.3 Å². The Morgan fingerprint density at radius 2 is 2.03 bits per heavy atom. The molecule has 1 aliphatic heterocycles. The SMILES string of the molecule is O=C1COc2ccc(-c3csc(=NCCc4ccccc4)n3N=Cc3ccco3)cc2N1. The van der Waals surface area contributed by atoms with E-state index in [9.17, 15) is 4.79 Å². The Hall–Kier alpha value is -3.91. The van der Waals surface area contributed by atoms with Crippen LogP contribution in [0.3, 0.4) is 0 Å². The number of rotatable bonds is 6. The van der Waals surface area contributed by atoms with Crippen LogP contribution in [0.1, 0.15) is 11.3 Å². The van der Waals surface area contributed by atoms with E-state index in [0.717, 1.165) is 22.5 Å². The lowest BCUT2D eigenvalue weighted by Gasteiger charge is -2.18. The topological polar surface area (TPSA) is 81.1 Å². The molecule has 3 heterocycles. The fraction of sp³-hybridized carbons (Fsp3) is 0.125. The Kier molecular flexibility index (Phi) is 5.67. The van der Waals surface area contributed by atoms with E-state index in [0.29, 0.717) is 23.7 Å². The zero-order chi connectivity index (χ0) is 21.8. The number of aromatic nitrogens is 1. The number of ether oxygens (including phenoxy) is 1. The van der Waals surface area contributed by atoms with Crippen LogP contribution in [0.15, 0.2) is 86.8 Å². The molecule has 5 rings (SSSR count). The highest BCUT2D eigenvalue weighted by molar-refractivity contribution is 7.07. The molecule has 0 bridgehead atoms. The fourth-order valence-electron chi connectivity index (χ4n) is 3.36. The van der Waals surface area contributed by atoms with Gasteiger partial charge in [0.15, 0.2) is 6.61 Å². The van der Waals surface area contributed by atoms with E-state index in [4.69, 9.17) is 14.1 Å². The summed E-state index contributed by atoms with van der Waals surface area (Å²) < 4.78 is 12.7. The molecule has 2 aromatic heterocycles. The minimum absolute atomic E-state index is 0.0304. The van der Waals surface area contributed by atoms with Gasteiger partial charge in [0, 0.05) is 17.5 Å². The second-order valence-corrected chi connectivity index (χ2v) is 7.98. The Labute approximate surface area is 188 Å². The quantitative estimate of drug-likeness (QED) is 0.453. The molecule has 0 aliphatic carbocycles. The van der Waals surface area contributed by atoms with Gasteiger partial charge in [-0.2, -0.15) is 5.10 Å².